The molecule has 1 N–H and O–H groups in total. The van der Waals surface area contributed by atoms with E-state index in [2.05, 4.69) is 15.9 Å². The first-order valence-corrected chi connectivity index (χ1v) is 9.24. The van der Waals surface area contributed by atoms with Crippen LogP contribution in [0, 0.1) is 0 Å². The molecular formula is C20H20BrNO5. The lowest BCUT2D eigenvalue weighted by Crippen LogP contribution is -2.41. The number of halogens is 1. The number of carbonyl (C=O) groups excluding carboxylic acids is 2. The number of methoxy groups -OCH3 is 2. The Hall–Kier alpha value is -2.38. The van der Waals surface area contributed by atoms with Gasteiger partial charge in [-0.3, -0.25) is 9.59 Å². The Labute approximate surface area is 165 Å². The number of anilines is 1. The third kappa shape index (κ3) is 3.21. The van der Waals surface area contributed by atoms with Crippen LogP contribution in [-0.2, 0) is 10.4 Å². The minimum Gasteiger partial charge on any atom is -0.497 e. The first-order chi connectivity index (χ1) is 12.8. The van der Waals surface area contributed by atoms with E-state index in [9.17, 15) is 14.7 Å². The third-order valence-electron chi connectivity index (χ3n) is 4.73. The Morgan fingerprint density at radius 1 is 1.19 bits per heavy atom. The minimum absolute atomic E-state index is 0.254. The number of likely N-dealkylation sites (N-methyl/N-ethyl adjacent to an activating group) is 1. The highest BCUT2D eigenvalue weighted by Crippen LogP contribution is 2.44. The molecule has 2 aromatic rings. The second-order valence-corrected chi connectivity index (χ2v) is 7.15. The molecule has 6 nitrogen and oxygen atoms in total. The van der Waals surface area contributed by atoms with Crippen molar-refractivity contribution in [2.45, 2.75) is 18.9 Å². The maximum atomic E-state index is 13.0. The quantitative estimate of drug-likeness (QED) is 0.707. The van der Waals surface area contributed by atoms with Gasteiger partial charge in [-0.2, -0.15) is 0 Å². The molecule has 0 radical (unpaired) electrons. The van der Waals surface area contributed by atoms with Crippen LogP contribution in [-0.4, -0.2) is 37.6 Å². The van der Waals surface area contributed by atoms with Gasteiger partial charge in [0, 0.05) is 16.6 Å². The van der Waals surface area contributed by atoms with Gasteiger partial charge in [-0.15, -0.1) is 0 Å². The van der Waals surface area contributed by atoms with Gasteiger partial charge in [0.1, 0.15) is 11.5 Å². The Kier molecular flexibility index (Phi) is 5.26. The van der Waals surface area contributed by atoms with Crippen molar-refractivity contribution in [2.75, 3.05) is 25.7 Å². The zero-order valence-electron chi connectivity index (χ0n) is 15.3. The SMILES string of the molecule is CCN1C(=O)[C@](O)(CC(=O)c2cc(OC)ccc2OC)c2cc(Br)ccc21. The largest absolute Gasteiger partial charge is 0.497 e. The van der Waals surface area contributed by atoms with Gasteiger partial charge in [0.05, 0.1) is 31.9 Å². The number of carbonyl (C=O) groups is 2. The highest BCUT2D eigenvalue weighted by atomic mass is 79.9. The molecule has 0 bridgehead atoms. The summed E-state index contributed by atoms with van der Waals surface area (Å²) in [5.74, 6) is -0.0716. The summed E-state index contributed by atoms with van der Waals surface area (Å²) in [7, 11) is 2.95. The van der Waals surface area contributed by atoms with Crippen LogP contribution in [0.15, 0.2) is 40.9 Å². The first-order valence-electron chi connectivity index (χ1n) is 8.45. The van der Waals surface area contributed by atoms with Gasteiger partial charge in [-0.25, -0.2) is 0 Å². The molecule has 0 saturated carbocycles. The summed E-state index contributed by atoms with van der Waals surface area (Å²) >= 11 is 3.37. The van der Waals surface area contributed by atoms with Gasteiger partial charge in [-0.1, -0.05) is 15.9 Å². The first kappa shape index (κ1) is 19.4. The van der Waals surface area contributed by atoms with Gasteiger partial charge >= 0.3 is 0 Å². The van der Waals surface area contributed by atoms with E-state index in [4.69, 9.17) is 9.47 Å². The molecule has 0 fully saturated rings. The van der Waals surface area contributed by atoms with Crippen molar-refractivity contribution in [1.29, 1.82) is 0 Å². The number of rotatable bonds is 6. The molecule has 2 aromatic carbocycles. The molecule has 7 heteroatoms. The van der Waals surface area contributed by atoms with E-state index in [0.717, 1.165) is 4.47 Å². The molecule has 1 aliphatic rings. The number of ether oxygens (including phenoxy) is 2. The maximum absolute atomic E-state index is 13.0. The fraction of sp³-hybridized carbons (Fsp3) is 0.300. The van der Waals surface area contributed by atoms with Crippen LogP contribution in [0.25, 0.3) is 0 Å². The highest BCUT2D eigenvalue weighted by Gasteiger charge is 2.50. The number of nitrogens with zero attached hydrogens (tertiary/aromatic N) is 1. The molecule has 0 aliphatic carbocycles. The second-order valence-electron chi connectivity index (χ2n) is 6.24. The summed E-state index contributed by atoms with van der Waals surface area (Å²) < 4.78 is 11.2. The van der Waals surface area contributed by atoms with Crippen LogP contribution < -0.4 is 14.4 Å². The lowest BCUT2D eigenvalue weighted by atomic mass is 9.88. The fourth-order valence-electron chi connectivity index (χ4n) is 3.37. The molecule has 0 spiro atoms. The van der Waals surface area contributed by atoms with Crippen LogP contribution in [0.4, 0.5) is 5.69 Å². The zero-order valence-corrected chi connectivity index (χ0v) is 16.9. The summed E-state index contributed by atoms with van der Waals surface area (Å²) in [6, 6.07) is 10.1. The number of ketones is 1. The number of benzene rings is 2. The molecule has 0 aromatic heterocycles. The smallest absolute Gasteiger partial charge is 0.264 e. The predicted molar refractivity (Wildman–Crippen MR) is 105 cm³/mol. The Bertz CT molecular complexity index is 913. The summed E-state index contributed by atoms with van der Waals surface area (Å²) in [6.45, 7) is 2.22. The monoisotopic (exact) mass is 433 g/mol. The van der Waals surface area contributed by atoms with Crippen molar-refractivity contribution >= 4 is 33.3 Å². The van der Waals surface area contributed by atoms with Crippen LogP contribution in [0.1, 0.15) is 29.3 Å². The second kappa shape index (κ2) is 7.32. The van der Waals surface area contributed by atoms with E-state index in [1.165, 1.54) is 19.1 Å². The number of hydrogen-bond acceptors (Lipinski definition) is 5. The molecule has 27 heavy (non-hydrogen) atoms. The third-order valence-corrected chi connectivity index (χ3v) is 5.23. The van der Waals surface area contributed by atoms with E-state index in [1.54, 1.807) is 36.4 Å². The number of amides is 1. The molecule has 0 unspecified atom stereocenters. The van der Waals surface area contributed by atoms with Crippen LogP contribution in [0.2, 0.25) is 0 Å². The van der Waals surface area contributed by atoms with Crippen LogP contribution in [0.5, 0.6) is 11.5 Å². The van der Waals surface area contributed by atoms with E-state index in [1.807, 2.05) is 6.92 Å². The Morgan fingerprint density at radius 2 is 1.93 bits per heavy atom. The molecule has 1 amide bonds. The normalized spacial score (nSPS) is 18.4. The number of hydrogen-bond donors (Lipinski definition) is 1. The van der Waals surface area contributed by atoms with E-state index in [-0.39, 0.29) is 5.56 Å². The topological polar surface area (TPSA) is 76.1 Å². The molecule has 1 aliphatic heterocycles. The molecule has 3 rings (SSSR count). The summed E-state index contributed by atoms with van der Waals surface area (Å²) in [6.07, 6.45) is -0.394. The van der Waals surface area contributed by atoms with E-state index < -0.39 is 23.7 Å². The average Bonchev–Trinajstić information content (AvgIpc) is 2.87. The Balaban J connectivity index is 2.04. The highest BCUT2D eigenvalue weighted by molar-refractivity contribution is 9.10. The van der Waals surface area contributed by atoms with Gasteiger partial charge < -0.3 is 19.5 Å². The van der Waals surface area contributed by atoms with Crippen molar-refractivity contribution in [3.63, 3.8) is 0 Å². The number of fused-ring (bicyclic) bond motifs is 1. The zero-order chi connectivity index (χ0) is 19.8. The minimum atomic E-state index is -1.93. The molecule has 142 valence electrons. The number of aliphatic hydroxyl groups is 1. The van der Waals surface area contributed by atoms with Gasteiger partial charge in [0.25, 0.3) is 5.91 Å². The van der Waals surface area contributed by atoms with Crippen LogP contribution in [0.3, 0.4) is 0 Å². The summed E-state index contributed by atoms with van der Waals surface area (Å²) in [4.78, 5) is 27.4. The maximum Gasteiger partial charge on any atom is 0.264 e. The van der Waals surface area contributed by atoms with E-state index >= 15 is 0 Å². The average molecular weight is 434 g/mol. The summed E-state index contributed by atoms with van der Waals surface area (Å²) in [5.41, 5.74) is -0.651. The molecule has 0 saturated heterocycles. The molecule has 1 atom stereocenters. The molecule has 1 heterocycles. The van der Waals surface area contributed by atoms with Crippen molar-refractivity contribution in [2.24, 2.45) is 0 Å². The van der Waals surface area contributed by atoms with Crippen molar-refractivity contribution in [1.82, 2.24) is 0 Å². The van der Waals surface area contributed by atoms with Crippen molar-refractivity contribution in [3.8, 4) is 11.5 Å². The summed E-state index contributed by atoms with van der Waals surface area (Å²) in [5, 5.41) is 11.3. The van der Waals surface area contributed by atoms with Gasteiger partial charge in [0.15, 0.2) is 11.4 Å². The van der Waals surface area contributed by atoms with Crippen molar-refractivity contribution < 1.29 is 24.2 Å². The van der Waals surface area contributed by atoms with E-state index in [0.29, 0.717) is 29.3 Å². The lowest BCUT2D eigenvalue weighted by Gasteiger charge is -2.22. The van der Waals surface area contributed by atoms with Crippen molar-refractivity contribution in [3.05, 3.63) is 52.0 Å². The van der Waals surface area contributed by atoms with Crippen LogP contribution >= 0.6 is 15.9 Å². The Morgan fingerprint density at radius 3 is 2.56 bits per heavy atom. The lowest BCUT2D eigenvalue weighted by molar-refractivity contribution is -0.135. The number of Topliss-reactive ketones (excluding diaryl/α,β-unsaturated/α-hetero) is 1. The molecular weight excluding hydrogens is 414 g/mol. The standard InChI is InChI=1S/C20H20BrNO5/c1-4-22-16-7-5-12(21)9-15(16)20(25,19(22)24)11-17(23)14-10-13(26-2)6-8-18(14)27-3/h5-10,25H,4,11H2,1-3H3/t20-/m0/s1. The van der Waals surface area contributed by atoms with Gasteiger partial charge in [0.2, 0.25) is 0 Å². The predicted octanol–water partition coefficient (Wildman–Crippen LogP) is 3.29. The van der Waals surface area contributed by atoms with Gasteiger partial charge in [-0.05, 0) is 43.3 Å². The fourth-order valence-corrected chi connectivity index (χ4v) is 3.73.